The number of pyridine rings is 1. The first kappa shape index (κ1) is 21.6. The minimum Gasteiger partial charge on any atom is -0.480 e. The van der Waals surface area contributed by atoms with E-state index in [4.69, 9.17) is 14.5 Å². The molecule has 32 heavy (non-hydrogen) atoms. The molecule has 2 aromatic carbocycles. The lowest BCUT2D eigenvalue weighted by Crippen LogP contribution is -2.43. The molecule has 2 heterocycles. The van der Waals surface area contributed by atoms with E-state index in [9.17, 15) is 14.7 Å². The molecule has 7 nitrogen and oxygen atoms in total. The van der Waals surface area contributed by atoms with Crippen LogP contribution < -0.4 is 4.74 Å². The van der Waals surface area contributed by atoms with E-state index >= 15 is 0 Å². The molecule has 0 saturated carbocycles. The van der Waals surface area contributed by atoms with Gasteiger partial charge in [0.05, 0.1) is 12.2 Å². The second kappa shape index (κ2) is 8.49. The van der Waals surface area contributed by atoms with Gasteiger partial charge in [0, 0.05) is 17.4 Å². The zero-order chi connectivity index (χ0) is 22.9. The average molecular weight is 434 g/mol. The van der Waals surface area contributed by atoms with Crippen molar-refractivity contribution in [3.05, 3.63) is 60.7 Å². The van der Waals surface area contributed by atoms with Crippen LogP contribution in [0, 0.1) is 0 Å². The molecule has 7 heteroatoms. The predicted molar refractivity (Wildman–Crippen MR) is 121 cm³/mol. The summed E-state index contributed by atoms with van der Waals surface area (Å²) in [7, 11) is 0. The maximum atomic E-state index is 12.6. The summed E-state index contributed by atoms with van der Waals surface area (Å²) in [6.07, 6.45) is -1.03. The van der Waals surface area contributed by atoms with E-state index in [1.54, 1.807) is 20.8 Å². The van der Waals surface area contributed by atoms with Crippen LogP contribution in [0.4, 0.5) is 4.79 Å². The first-order valence-electron chi connectivity index (χ1n) is 10.6. The number of amides is 1. The number of fused-ring (bicyclic) bond motifs is 1. The minimum absolute atomic E-state index is 0.109. The Labute approximate surface area is 186 Å². The summed E-state index contributed by atoms with van der Waals surface area (Å²) in [5, 5.41) is 11.5. The number of rotatable bonds is 4. The smallest absolute Gasteiger partial charge is 0.411 e. The molecule has 0 bridgehead atoms. The van der Waals surface area contributed by atoms with Crippen LogP contribution in [0.2, 0.25) is 0 Å². The summed E-state index contributed by atoms with van der Waals surface area (Å²) in [6, 6.07) is 18.5. The first-order chi connectivity index (χ1) is 15.2. The zero-order valence-corrected chi connectivity index (χ0v) is 18.3. The summed E-state index contributed by atoms with van der Waals surface area (Å²) in [6.45, 7) is 5.35. The number of ether oxygens (including phenoxy) is 2. The van der Waals surface area contributed by atoms with Crippen LogP contribution in [0.15, 0.2) is 60.7 Å². The van der Waals surface area contributed by atoms with E-state index in [1.807, 2.05) is 60.7 Å². The molecule has 166 valence electrons. The van der Waals surface area contributed by atoms with Crippen LogP contribution in [0.1, 0.15) is 27.2 Å². The summed E-state index contributed by atoms with van der Waals surface area (Å²) < 4.78 is 11.6. The zero-order valence-electron chi connectivity index (χ0n) is 18.3. The van der Waals surface area contributed by atoms with E-state index in [2.05, 4.69) is 0 Å². The highest BCUT2D eigenvalue weighted by molar-refractivity contribution is 5.90. The lowest BCUT2D eigenvalue weighted by atomic mass is 10.1. The van der Waals surface area contributed by atoms with Crippen molar-refractivity contribution in [1.29, 1.82) is 0 Å². The van der Waals surface area contributed by atoms with E-state index in [-0.39, 0.29) is 13.0 Å². The summed E-state index contributed by atoms with van der Waals surface area (Å²) in [5.41, 5.74) is 0.991. The van der Waals surface area contributed by atoms with Crippen molar-refractivity contribution >= 4 is 22.8 Å². The maximum absolute atomic E-state index is 12.6. The quantitative estimate of drug-likeness (QED) is 0.638. The van der Waals surface area contributed by atoms with Gasteiger partial charge in [-0.2, -0.15) is 0 Å². The molecule has 1 fully saturated rings. The van der Waals surface area contributed by atoms with Gasteiger partial charge in [-0.3, -0.25) is 4.90 Å². The number of carbonyl (C=O) groups excluding carboxylic acids is 1. The lowest BCUT2D eigenvalue weighted by molar-refractivity contribution is -0.142. The van der Waals surface area contributed by atoms with Gasteiger partial charge in [-0.05, 0) is 38.3 Å². The Bertz CT molecular complexity index is 1140. The molecule has 1 aliphatic rings. The molecule has 0 spiro atoms. The van der Waals surface area contributed by atoms with Crippen LogP contribution in [0.5, 0.6) is 5.88 Å². The van der Waals surface area contributed by atoms with Crippen LogP contribution in [0.25, 0.3) is 22.0 Å². The number of carboxylic acid groups (broad SMARTS) is 1. The van der Waals surface area contributed by atoms with Gasteiger partial charge < -0.3 is 14.6 Å². The fourth-order valence-electron chi connectivity index (χ4n) is 3.81. The van der Waals surface area contributed by atoms with Crippen molar-refractivity contribution in [3.63, 3.8) is 0 Å². The summed E-state index contributed by atoms with van der Waals surface area (Å²) in [5.74, 6) is -0.667. The Balaban J connectivity index is 1.64. The molecule has 1 N–H and O–H groups in total. The minimum atomic E-state index is -1.09. The topological polar surface area (TPSA) is 89.0 Å². The number of aliphatic carboxylic acids is 1. The SMILES string of the molecule is CC(C)(C)OC(=O)N1C[C@H](Oc2nc(-c3ccccc3)cc3ccccc23)C[C@H]1C(=O)O. The summed E-state index contributed by atoms with van der Waals surface area (Å²) >= 11 is 0. The van der Waals surface area contributed by atoms with Crippen LogP contribution in [-0.2, 0) is 9.53 Å². The molecule has 4 rings (SSSR count). The van der Waals surface area contributed by atoms with E-state index in [0.29, 0.717) is 5.88 Å². The number of likely N-dealkylation sites (tertiary alicyclic amines) is 1. The van der Waals surface area contributed by atoms with Crippen molar-refractivity contribution in [2.75, 3.05) is 6.54 Å². The third-order valence-corrected chi connectivity index (χ3v) is 5.23. The van der Waals surface area contributed by atoms with Gasteiger partial charge in [0.2, 0.25) is 5.88 Å². The molecule has 0 aliphatic carbocycles. The standard InChI is InChI=1S/C25H26N2O5/c1-25(2,3)32-24(30)27-15-18(14-21(27)23(28)29)31-22-19-12-8-7-11-17(19)13-20(26-22)16-9-5-4-6-10-16/h4-13,18,21H,14-15H2,1-3H3,(H,28,29)/t18-,21+/m1/s1. The number of carbonyl (C=O) groups is 2. The Hall–Kier alpha value is -3.61. The van der Waals surface area contributed by atoms with Crippen LogP contribution in [0.3, 0.4) is 0 Å². The van der Waals surface area contributed by atoms with Gasteiger partial charge in [0.15, 0.2) is 0 Å². The number of benzene rings is 2. The van der Waals surface area contributed by atoms with Crippen molar-refractivity contribution in [1.82, 2.24) is 9.88 Å². The van der Waals surface area contributed by atoms with Crippen molar-refractivity contribution < 1.29 is 24.2 Å². The molecule has 1 aromatic heterocycles. The van der Waals surface area contributed by atoms with Crippen molar-refractivity contribution in [2.24, 2.45) is 0 Å². The maximum Gasteiger partial charge on any atom is 0.411 e. The lowest BCUT2D eigenvalue weighted by Gasteiger charge is -2.26. The number of aromatic nitrogens is 1. The van der Waals surface area contributed by atoms with Gasteiger partial charge in [-0.25, -0.2) is 14.6 Å². The number of hydrogen-bond donors (Lipinski definition) is 1. The Morgan fingerprint density at radius 3 is 2.44 bits per heavy atom. The van der Waals surface area contributed by atoms with Gasteiger partial charge in [0.1, 0.15) is 17.7 Å². The molecular weight excluding hydrogens is 408 g/mol. The Morgan fingerprint density at radius 2 is 1.75 bits per heavy atom. The van der Waals surface area contributed by atoms with E-state index < -0.39 is 29.8 Å². The van der Waals surface area contributed by atoms with Crippen LogP contribution in [-0.4, -0.2) is 51.3 Å². The van der Waals surface area contributed by atoms with Crippen molar-refractivity contribution in [3.8, 4) is 17.1 Å². The Kier molecular flexibility index (Phi) is 5.74. The molecule has 1 amide bonds. The van der Waals surface area contributed by atoms with Crippen molar-refractivity contribution in [2.45, 2.75) is 44.9 Å². The highest BCUT2D eigenvalue weighted by Crippen LogP contribution is 2.32. The van der Waals surface area contributed by atoms with Gasteiger partial charge in [-0.1, -0.05) is 48.5 Å². The molecule has 3 aromatic rings. The third kappa shape index (κ3) is 4.66. The second-order valence-corrected chi connectivity index (χ2v) is 8.86. The normalized spacial score (nSPS) is 18.5. The predicted octanol–water partition coefficient (Wildman–Crippen LogP) is 4.74. The van der Waals surface area contributed by atoms with Gasteiger partial charge in [-0.15, -0.1) is 0 Å². The molecule has 2 atom stereocenters. The fraction of sp³-hybridized carbons (Fsp3) is 0.320. The van der Waals surface area contributed by atoms with Crippen LogP contribution >= 0.6 is 0 Å². The first-order valence-corrected chi connectivity index (χ1v) is 10.6. The fourth-order valence-corrected chi connectivity index (χ4v) is 3.81. The monoisotopic (exact) mass is 434 g/mol. The number of nitrogens with zero attached hydrogens (tertiary/aromatic N) is 2. The van der Waals surface area contributed by atoms with E-state index in [1.165, 1.54) is 4.90 Å². The highest BCUT2D eigenvalue weighted by Gasteiger charge is 2.43. The van der Waals surface area contributed by atoms with Gasteiger partial charge in [0.25, 0.3) is 0 Å². The molecule has 0 radical (unpaired) electrons. The van der Waals surface area contributed by atoms with Gasteiger partial charge >= 0.3 is 12.1 Å². The molecule has 1 aliphatic heterocycles. The molecular formula is C25H26N2O5. The van der Waals surface area contributed by atoms with E-state index in [0.717, 1.165) is 22.0 Å². The largest absolute Gasteiger partial charge is 0.480 e. The second-order valence-electron chi connectivity index (χ2n) is 8.86. The summed E-state index contributed by atoms with van der Waals surface area (Å²) in [4.78, 5) is 30.4. The number of hydrogen-bond acceptors (Lipinski definition) is 5. The Morgan fingerprint density at radius 1 is 1.06 bits per heavy atom. The molecule has 0 unspecified atom stereocenters. The highest BCUT2D eigenvalue weighted by atomic mass is 16.6. The number of carboxylic acids is 1. The average Bonchev–Trinajstić information content (AvgIpc) is 3.18. The third-order valence-electron chi connectivity index (χ3n) is 5.23. The molecule has 1 saturated heterocycles.